The minimum Gasteiger partial charge on any atom is -0.103 e. The molecular weight excluding hydrogens is 168 g/mol. The second-order valence-electron chi connectivity index (χ2n) is 4.09. The second kappa shape index (κ2) is 7.61. The molecule has 0 radical (unpaired) electrons. The summed E-state index contributed by atoms with van der Waals surface area (Å²) in [7, 11) is 0. The highest BCUT2D eigenvalue weighted by atomic mass is 14.2. The van der Waals surface area contributed by atoms with Gasteiger partial charge in [-0.05, 0) is 31.6 Å². The lowest BCUT2D eigenvalue weighted by Crippen LogP contribution is -2.09. The van der Waals surface area contributed by atoms with Crippen molar-refractivity contribution in [3.05, 3.63) is 37.0 Å². The molecule has 0 saturated carbocycles. The van der Waals surface area contributed by atoms with Crippen molar-refractivity contribution >= 4 is 0 Å². The van der Waals surface area contributed by atoms with Gasteiger partial charge >= 0.3 is 0 Å². The fourth-order valence-electron chi connectivity index (χ4n) is 1.66. The topological polar surface area (TPSA) is 0 Å². The summed E-state index contributed by atoms with van der Waals surface area (Å²) < 4.78 is 0. The Bertz CT molecular complexity index is 198. The molecule has 2 atom stereocenters. The van der Waals surface area contributed by atoms with E-state index < -0.39 is 0 Å². The highest BCUT2D eigenvalue weighted by Crippen LogP contribution is 2.24. The highest BCUT2D eigenvalue weighted by molar-refractivity contribution is 5.09. The maximum atomic E-state index is 4.05. The van der Waals surface area contributed by atoms with Gasteiger partial charge in [0.25, 0.3) is 0 Å². The van der Waals surface area contributed by atoms with Gasteiger partial charge in [0.2, 0.25) is 0 Å². The smallest absolute Gasteiger partial charge is 0.0000124 e. The van der Waals surface area contributed by atoms with E-state index >= 15 is 0 Å². The van der Waals surface area contributed by atoms with Crippen LogP contribution in [0.15, 0.2) is 37.0 Å². The van der Waals surface area contributed by atoms with Gasteiger partial charge in [0, 0.05) is 0 Å². The normalized spacial score (nSPS) is 15.4. The summed E-state index contributed by atoms with van der Waals surface area (Å²) >= 11 is 0. The van der Waals surface area contributed by atoms with Crippen molar-refractivity contribution in [2.45, 2.75) is 40.0 Å². The molecule has 0 nitrogen and oxygen atoms in total. The molecule has 14 heavy (non-hydrogen) atoms. The van der Waals surface area contributed by atoms with Crippen LogP contribution >= 0.6 is 0 Å². The van der Waals surface area contributed by atoms with Gasteiger partial charge in [-0.15, -0.1) is 6.58 Å². The van der Waals surface area contributed by atoms with Gasteiger partial charge in [-0.25, -0.2) is 0 Å². The van der Waals surface area contributed by atoms with Gasteiger partial charge in [0.15, 0.2) is 0 Å². The molecule has 0 amide bonds. The third kappa shape index (κ3) is 5.06. The van der Waals surface area contributed by atoms with Gasteiger partial charge in [-0.2, -0.15) is 0 Å². The minimum atomic E-state index is 0.513. The van der Waals surface area contributed by atoms with Gasteiger partial charge < -0.3 is 0 Å². The van der Waals surface area contributed by atoms with Crippen molar-refractivity contribution in [2.24, 2.45) is 11.8 Å². The van der Waals surface area contributed by atoms with Crippen LogP contribution in [0.4, 0.5) is 0 Å². The molecule has 0 heteroatoms. The molecule has 80 valence electrons. The van der Waals surface area contributed by atoms with E-state index in [1.54, 1.807) is 0 Å². The molecule has 0 spiro atoms. The average Bonchev–Trinajstić information content (AvgIpc) is 2.12. The minimum absolute atomic E-state index is 0.513. The first-order chi connectivity index (χ1) is 6.63. The molecule has 2 unspecified atom stereocenters. The number of rotatable bonds is 7. The zero-order valence-electron chi connectivity index (χ0n) is 9.92. The molecular formula is C14H24. The summed E-state index contributed by atoms with van der Waals surface area (Å²) in [5, 5.41) is 0. The molecule has 0 fully saturated rings. The van der Waals surface area contributed by atoms with Crippen LogP contribution in [0.25, 0.3) is 0 Å². The standard InChI is InChI=1S/C14H24/c1-6-8-9-11-14(12(3)4)13(5)10-7-2/h7,9,11,13-14H,2-3,6,8,10H2,1,4-5H3. The van der Waals surface area contributed by atoms with Crippen LogP contribution in [0.5, 0.6) is 0 Å². The fraction of sp³-hybridized carbons (Fsp3) is 0.571. The summed E-state index contributed by atoms with van der Waals surface area (Å²) in [6.07, 6.45) is 10.0. The third-order valence-corrected chi connectivity index (χ3v) is 2.52. The number of unbranched alkanes of at least 4 members (excludes halogenated alkanes) is 1. The number of allylic oxidation sites excluding steroid dienone is 4. The van der Waals surface area contributed by atoms with Gasteiger partial charge in [0.1, 0.15) is 0 Å². The van der Waals surface area contributed by atoms with Crippen molar-refractivity contribution in [1.29, 1.82) is 0 Å². The van der Waals surface area contributed by atoms with E-state index in [2.05, 4.69) is 46.1 Å². The Kier molecular flexibility index (Phi) is 7.18. The molecule has 0 heterocycles. The zero-order valence-corrected chi connectivity index (χ0v) is 9.92. The molecule has 0 aromatic heterocycles. The van der Waals surface area contributed by atoms with Gasteiger partial charge in [0.05, 0.1) is 0 Å². The molecule has 0 aromatic rings. The highest BCUT2D eigenvalue weighted by Gasteiger charge is 2.12. The number of hydrogen-bond donors (Lipinski definition) is 0. The predicted octanol–water partition coefficient (Wildman–Crippen LogP) is 4.75. The van der Waals surface area contributed by atoms with E-state index in [1.807, 2.05) is 6.08 Å². The summed E-state index contributed by atoms with van der Waals surface area (Å²) in [5.41, 5.74) is 1.26. The third-order valence-electron chi connectivity index (χ3n) is 2.52. The Labute approximate surface area is 89.4 Å². The van der Waals surface area contributed by atoms with Crippen LogP contribution in [0.2, 0.25) is 0 Å². The lowest BCUT2D eigenvalue weighted by molar-refractivity contribution is 0.486. The average molecular weight is 192 g/mol. The molecule has 0 aliphatic rings. The Morgan fingerprint density at radius 2 is 2.07 bits per heavy atom. The fourth-order valence-corrected chi connectivity index (χ4v) is 1.66. The van der Waals surface area contributed by atoms with Crippen LogP contribution in [0.3, 0.4) is 0 Å². The zero-order chi connectivity index (χ0) is 11.0. The van der Waals surface area contributed by atoms with Gasteiger partial charge in [-0.3, -0.25) is 0 Å². The Balaban J connectivity index is 4.27. The molecule has 0 aromatic carbocycles. The van der Waals surface area contributed by atoms with E-state index in [9.17, 15) is 0 Å². The summed E-state index contributed by atoms with van der Waals surface area (Å²) in [4.78, 5) is 0. The van der Waals surface area contributed by atoms with E-state index in [0.717, 1.165) is 6.42 Å². The largest absolute Gasteiger partial charge is 0.103 e. The number of hydrogen-bond acceptors (Lipinski definition) is 0. The first-order valence-corrected chi connectivity index (χ1v) is 5.56. The van der Waals surface area contributed by atoms with Gasteiger partial charge in [-0.1, -0.05) is 50.6 Å². The van der Waals surface area contributed by atoms with Crippen LogP contribution in [0.1, 0.15) is 40.0 Å². The predicted molar refractivity (Wildman–Crippen MR) is 66.3 cm³/mol. The SMILES string of the molecule is C=CCC(C)C(C=CCCC)C(=C)C. The van der Waals surface area contributed by atoms with Crippen molar-refractivity contribution in [3.63, 3.8) is 0 Å². The molecule has 0 bridgehead atoms. The van der Waals surface area contributed by atoms with E-state index in [1.165, 1.54) is 18.4 Å². The summed E-state index contributed by atoms with van der Waals surface area (Å²) in [6, 6.07) is 0. The Morgan fingerprint density at radius 3 is 2.50 bits per heavy atom. The molecule has 0 saturated heterocycles. The van der Waals surface area contributed by atoms with Crippen molar-refractivity contribution in [1.82, 2.24) is 0 Å². The van der Waals surface area contributed by atoms with Crippen LogP contribution in [-0.2, 0) is 0 Å². The lowest BCUT2D eigenvalue weighted by Gasteiger charge is -2.19. The van der Waals surface area contributed by atoms with Crippen LogP contribution in [0, 0.1) is 11.8 Å². The quantitative estimate of drug-likeness (QED) is 0.511. The molecule has 0 rings (SSSR count). The maximum Gasteiger partial charge on any atom is -0.0000124 e. The first kappa shape index (κ1) is 13.2. The Morgan fingerprint density at radius 1 is 1.43 bits per heavy atom. The Hall–Kier alpha value is -0.780. The monoisotopic (exact) mass is 192 g/mol. The molecule has 0 N–H and O–H groups in total. The van der Waals surface area contributed by atoms with Crippen molar-refractivity contribution in [2.75, 3.05) is 0 Å². The van der Waals surface area contributed by atoms with Crippen molar-refractivity contribution in [3.8, 4) is 0 Å². The molecule has 0 aliphatic heterocycles. The van der Waals surface area contributed by atoms with Crippen LogP contribution in [-0.4, -0.2) is 0 Å². The second-order valence-corrected chi connectivity index (χ2v) is 4.09. The van der Waals surface area contributed by atoms with Crippen molar-refractivity contribution < 1.29 is 0 Å². The van der Waals surface area contributed by atoms with Crippen LogP contribution < -0.4 is 0 Å². The summed E-state index contributed by atoms with van der Waals surface area (Å²) in [6.45, 7) is 14.4. The first-order valence-electron chi connectivity index (χ1n) is 5.56. The lowest BCUT2D eigenvalue weighted by atomic mass is 9.86. The van der Waals surface area contributed by atoms with E-state index in [4.69, 9.17) is 0 Å². The van der Waals surface area contributed by atoms with E-state index in [0.29, 0.717) is 11.8 Å². The maximum absolute atomic E-state index is 4.05. The molecule has 0 aliphatic carbocycles. The summed E-state index contributed by atoms with van der Waals surface area (Å²) in [5.74, 6) is 1.14. The van der Waals surface area contributed by atoms with E-state index in [-0.39, 0.29) is 0 Å².